The molecule has 4 atom stereocenters. The van der Waals surface area contributed by atoms with Crippen molar-refractivity contribution in [2.75, 3.05) is 6.54 Å². The summed E-state index contributed by atoms with van der Waals surface area (Å²) in [5.41, 5.74) is -1.69. The van der Waals surface area contributed by atoms with E-state index in [1.807, 2.05) is 0 Å². The maximum atomic E-state index is 14.4. The lowest BCUT2D eigenvalue weighted by Gasteiger charge is -2.38. The van der Waals surface area contributed by atoms with E-state index in [4.69, 9.17) is 23.2 Å². The fourth-order valence-electron chi connectivity index (χ4n) is 6.77. The number of carboxylic acids is 1. The van der Waals surface area contributed by atoms with Gasteiger partial charge in [0.25, 0.3) is 5.91 Å². The number of benzene rings is 1. The van der Waals surface area contributed by atoms with E-state index in [1.165, 1.54) is 24.0 Å². The van der Waals surface area contributed by atoms with Crippen LogP contribution in [0.4, 0.5) is 13.2 Å². The zero-order valence-electron chi connectivity index (χ0n) is 22.2. The van der Waals surface area contributed by atoms with Gasteiger partial charge in [0.2, 0.25) is 0 Å². The molecule has 12 heteroatoms. The van der Waals surface area contributed by atoms with Crippen LogP contribution in [-0.2, 0) is 11.0 Å². The molecule has 0 aliphatic heterocycles. The Kier molecular flexibility index (Phi) is 7.26. The predicted octanol–water partition coefficient (Wildman–Crippen LogP) is 6.64. The number of alkyl halides is 3. The zero-order valence-corrected chi connectivity index (χ0v) is 23.7. The van der Waals surface area contributed by atoms with Crippen molar-refractivity contribution in [3.05, 3.63) is 51.3 Å². The number of rotatable bonds is 8. The summed E-state index contributed by atoms with van der Waals surface area (Å²) in [6.45, 7) is 5.31. The Hall–Kier alpha value is -2.59. The Labute approximate surface area is 239 Å². The fraction of sp³-hybridized carbons (Fsp3) is 0.571. The topological polar surface area (TPSA) is 92.5 Å². The average Bonchev–Trinajstić information content (AvgIpc) is 3.25. The van der Waals surface area contributed by atoms with Crippen molar-refractivity contribution in [3.8, 4) is 0 Å². The average molecular weight is 600 g/mol. The highest BCUT2D eigenvalue weighted by Gasteiger charge is 2.63. The highest BCUT2D eigenvalue weighted by Crippen LogP contribution is 2.67. The van der Waals surface area contributed by atoms with Gasteiger partial charge in [0.15, 0.2) is 11.5 Å². The van der Waals surface area contributed by atoms with Crippen LogP contribution < -0.4 is 0 Å². The molecule has 40 heavy (non-hydrogen) atoms. The third kappa shape index (κ3) is 4.91. The molecule has 0 spiro atoms. The van der Waals surface area contributed by atoms with E-state index in [2.05, 4.69) is 18.9 Å². The van der Waals surface area contributed by atoms with Crippen LogP contribution in [0.25, 0.3) is 0 Å². The number of carbonyl (C=O) groups is 3. The van der Waals surface area contributed by atoms with Gasteiger partial charge >= 0.3 is 12.1 Å². The second kappa shape index (κ2) is 10.0. The van der Waals surface area contributed by atoms with Crippen molar-refractivity contribution in [2.24, 2.45) is 29.1 Å². The van der Waals surface area contributed by atoms with Crippen molar-refractivity contribution >= 4 is 40.9 Å². The van der Waals surface area contributed by atoms with Gasteiger partial charge in [-0.2, -0.15) is 18.3 Å². The molecule has 2 aromatic rings. The fourth-order valence-corrected chi connectivity index (χ4v) is 7.38. The van der Waals surface area contributed by atoms with Gasteiger partial charge in [0.05, 0.1) is 45.9 Å². The van der Waals surface area contributed by atoms with Crippen molar-refractivity contribution in [2.45, 2.75) is 64.7 Å². The van der Waals surface area contributed by atoms with E-state index < -0.39 is 59.6 Å². The molecule has 0 bridgehead atoms. The maximum absolute atomic E-state index is 14.4. The molecule has 1 amide bonds. The predicted molar refractivity (Wildman–Crippen MR) is 141 cm³/mol. The van der Waals surface area contributed by atoms with E-state index in [0.717, 1.165) is 10.9 Å². The summed E-state index contributed by atoms with van der Waals surface area (Å²) in [4.78, 5) is 39.8. The Morgan fingerprint density at radius 1 is 1.12 bits per heavy atom. The molecule has 0 radical (unpaired) electrons. The standard InChI is InChI=1S/C28H30Cl2F3N3O4/c1-13(26(39)40)14-7-16(8-14)36-24(28(31,32)33)17(11-34-36)25(38)35(15-9-18-19(10-15)27(18,2)3)12-22(37)23-20(29)5-4-6-21(23)30/h4-6,11,13-16,18-19H,7-10,12H2,1-3H3,(H,39,40)/t13?,14?,15?,16?,18-,19+. The van der Waals surface area contributed by atoms with Crippen LogP contribution >= 0.6 is 23.2 Å². The summed E-state index contributed by atoms with van der Waals surface area (Å²) >= 11 is 12.4. The van der Waals surface area contributed by atoms with Gasteiger partial charge in [0.1, 0.15) is 0 Å². The molecule has 1 heterocycles. The third-order valence-electron chi connectivity index (χ3n) is 9.48. The van der Waals surface area contributed by atoms with Gasteiger partial charge in [-0.05, 0) is 61.0 Å². The van der Waals surface area contributed by atoms with Crippen LogP contribution in [0.5, 0.6) is 0 Å². The van der Waals surface area contributed by atoms with Crippen LogP contribution in [0.3, 0.4) is 0 Å². The van der Waals surface area contributed by atoms with E-state index in [0.29, 0.717) is 24.7 Å². The highest BCUT2D eigenvalue weighted by molar-refractivity contribution is 6.40. The van der Waals surface area contributed by atoms with E-state index in [1.54, 1.807) is 6.07 Å². The second-order valence-corrected chi connectivity index (χ2v) is 12.8. The SMILES string of the molecule is CC(C(=O)O)C1CC(n2ncc(C(=O)N(CC(=O)c3c(Cl)cccc3Cl)C3C[C@@H]4[C@H](C3)C4(C)C)c2C(F)(F)F)C1. The summed E-state index contributed by atoms with van der Waals surface area (Å²) in [5, 5.41) is 13.4. The molecule has 3 saturated carbocycles. The van der Waals surface area contributed by atoms with Crippen LogP contribution in [-0.4, -0.2) is 50.0 Å². The summed E-state index contributed by atoms with van der Waals surface area (Å²) in [6.07, 6.45) is -2.40. The normalized spacial score (nSPS) is 27.4. The first-order chi connectivity index (χ1) is 18.6. The van der Waals surface area contributed by atoms with Crippen molar-refractivity contribution in [1.82, 2.24) is 14.7 Å². The molecule has 5 rings (SSSR count). The summed E-state index contributed by atoms with van der Waals surface area (Å²) in [6, 6.07) is 3.45. The zero-order chi connectivity index (χ0) is 29.3. The Balaban J connectivity index is 1.46. The van der Waals surface area contributed by atoms with E-state index >= 15 is 0 Å². The van der Waals surface area contributed by atoms with Crippen LogP contribution in [0.15, 0.2) is 24.4 Å². The van der Waals surface area contributed by atoms with Gasteiger partial charge in [-0.3, -0.25) is 19.1 Å². The molecule has 1 aromatic carbocycles. The number of hydrogen-bond acceptors (Lipinski definition) is 4. The Bertz CT molecular complexity index is 1330. The van der Waals surface area contributed by atoms with Gasteiger partial charge in [-0.15, -0.1) is 0 Å². The molecule has 216 valence electrons. The lowest BCUT2D eigenvalue weighted by molar-refractivity contribution is -0.150. The number of carbonyl (C=O) groups excluding carboxylic acids is 2. The van der Waals surface area contributed by atoms with Crippen LogP contribution in [0, 0.1) is 29.1 Å². The van der Waals surface area contributed by atoms with Gasteiger partial charge in [0, 0.05) is 6.04 Å². The molecule has 1 aromatic heterocycles. The number of aromatic nitrogens is 2. The Morgan fingerprint density at radius 3 is 2.23 bits per heavy atom. The van der Waals surface area contributed by atoms with E-state index in [-0.39, 0.29) is 39.8 Å². The summed E-state index contributed by atoms with van der Waals surface area (Å²) < 4.78 is 44.1. The first-order valence-corrected chi connectivity index (χ1v) is 14.0. The number of aliphatic carboxylic acids is 1. The number of halogens is 5. The number of ketones is 1. The largest absolute Gasteiger partial charge is 0.481 e. The monoisotopic (exact) mass is 599 g/mol. The molecule has 2 unspecified atom stereocenters. The van der Waals surface area contributed by atoms with Gasteiger partial charge < -0.3 is 10.0 Å². The summed E-state index contributed by atoms with van der Waals surface area (Å²) in [5.74, 6) is -2.83. The molecule has 3 aliphatic rings. The van der Waals surface area contributed by atoms with E-state index in [9.17, 15) is 32.7 Å². The molecule has 3 aliphatic carbocycles. The number of fused-ring (bicyclic) bond motifs is 1. The number of hydrogen-bond donors (Lipinski definition) is 1. The van der Waals surface area contributed by atoms with Crippen LogP contribution in [0.1, 0.15) is 78.9 Å². The number of Topliss-reactive ketones (excluding diaryl/α,β-unsaturated/α-hetero) is 1. The maximum Gasteiger partial charge on any atom is 0.433 e. The first-order valence-electron chi connectivity index (χ1n) is 13.3. The third-order valence-corrected chi connectivity index (χ3v) is 10.1. The molecule has 3 fully saturated rings. The molecule has 7 nitrogen and oxygen atoms in total. The lowest BCUT2D eigenvalue weighted by Crippen LogP contribution is -2.44. The Morgan fingerprint density at radius 2 is 1.70 bits per heavy atom. The minimum Gasteiger partial charge on any atom is -0.481 e. The quantitative estimate of drug-likeness (QED) is 0.343. The molecule has 0 saturated heterocycles. The van der Waals surface area contributed by atoms with Crippen molar-refractivity contribution in [3.63, 3.8) is 0 Å². The number of amides is 1. The lowest BCUT2D eigenvalue weighted by atomic mass is 9.73. The molecular weight excluding hydrogens is 570 g/mol. The highest BCUT2D eigenvalue weighted by atomic mass is 35.5. The van der Waals surface area contributed by atoms with Gasteiger partial charge in [-0.1, -0.05) is 50.0 Å². The van der Waals surface area contributed by atoms with Crippen LogP contribution in [0.2, 0.25) is 10.0 Å². The summed E-state index contributed by atoms with van der Waals surface area (Å²) in [7, 11) is 0. The molecule has 1 N–H and O–H groups in total. The minimum absolute atomic E-state index is 0.0203. The first kappa shape index (κ1) is 28.9. The number of nitrogens with zero attached hydrogens (tertiary/aromatic N) is 3. The molecular formula is C28H30Cl2F3N3O4. The second-order valence-electron chi connectivity index (χ2n) is 12.0. The smallest absolute Gasteiger partial charge is 0.433 e. The minimum atomic E-state index is -4.90. The van der Waals surface area contributed by atoms with Crippen molar-refractivity contribution < 1.29 is 32.7 Å². The number of carboxylic acid groups (broad SMARTS) is 1. The van der Waals surface area contributed by atoms with Gasteiger partial charge in [-0.25, -0.2) is 0 Å². The van der Waals surface area contributed by atoms with Crippen molar-refractivity contribution in [1.29, 1.82) is 0 Å².